The smallest absolute Gasteiger partial charge is 0.475 e. The molecule has 39 heavy (non-hydrogen) atoms. The molecule has 0 radical (unpaired) electrons. The molecule has 4 rings (SSSR count). The predicted molar refractivity (Wildman–Crippen MR) is 128 cm³/mol. The van der Waals surface area contributed by atoms with Crippen molar-refractivity contribution in [3.05, 3.63) is 52.0 Å². The number of nitrogens with zero attached hydrogens (tertiary/aromatic N) is 3. The molecule has 2 fully saturated rings. The molecule has 2 aromatic rings. The number of aliphatic carboxylic acids is 2. The number of aromatic nitrogens is 1. The molecule has 2 saturated heterocycles. The molecule has 2 aromatic heterocycles. The van der Waals surface area contributed by atoms with Crippen LogP contribution in [-0.4, -0.2) is 81.4 Å². The van der Waals surface area contributed by atoms with Gasteiger partial charge in [-0.1, -0.05) is 0 Å². The van der Waals surface area contributed by atoms with Gasteiger partial charge in [-0.3, -0.25) is 14.7 Å². The van der Waals surface area contributed by atoms with Gasteiger partial charge in [0, 0.05) is 53.7 Å². The maximum Gasteiger partial charge on any atom is 0.490 e. The number of hydrogen-bond donors (Lipinski definition) is 2. The Balaban J connectivity index is 0.000000317. The highest BCUT2D eigenvalue weighted by molar-refractivity contribution is 7.11. The summed E-state index contributed by atoms with van der Waals surface area (Å²) >= 11 is 1.90. The second kappa shape index (κ2) is 13.2. The fraction of sp³-hybridized carbons (Fsp3) is 0.500. The van der Waals surface area contributed by atoms with Crippen LogP contribution in [0.25, 0.3) is 0 Å². The molecule has 2 aliphatic rings. The first kappa shape index (κ1) is 32.0. The van der Waals surface area contributed by atoms with E-state index < -0.39 is 24.3 Å². The van der Waals surface area contributed by atoms with Crippen LogP contribution in [0.3, 0.4) is 0 Å². The molecule has 1 atom stereocenters. The minimum absolute atomic E-state index is 0.138. The standard InChI is InChI=1S/C20H25N3OS.2C2HF3O2/c1-16-5-6-18(25-16)13-22-11-8-20(14-22)7-3-10-23(15-20)19(24)17-4-2-9-21-12-17;2*3-2(4,5)1(6)7/h2,4-6,9,12H,3,7-8,10-11,13-15H2,1H3;2*(H,6,7). The quantitative estimate of drug-likeness (QED) is 0.498. The zero-order valence-electron chi connectivity index (χ0n) is 20.8. The third kappa shape index (κ3) is 10.1. The first-order chi connectivity index (χ1) is 18.0. The number of carbonyl (C=O) groups is 3. The number of carboxylic acids is 2. The Hall–Kier alpha value is -3.20. The maximum absolute atomic E-state index is 12.8. The molecule has 4 heterocycles. The van der Waals surface area contributed by atoms with Crippen molar-refractivity contribution in [2.75, 3.05) is 26.2 Å². The second-order valence-corrected chi connectivity index (χ2v) is 10.5. The van der Waals surface area contributed by atoms with Gasteiger partial charge in [0.15, 0.2) is 0 Å². The SMILES string of the molecule is Cc1ccc(CN2CCC3(CCCN(C(=O)c4cccnc4)C3)C2)s1.O=C(O)C(F)(F)F.O=C(O)C(F)(F)F. The van der Waals surface area contributed by atoms with Gasteiger partial charge >= 0.3 is 24.3 Å². The number of carboxylic acid groups (broad SMARTS) is 2. The van der Waals surface area contributed by atoms with E-state index >= 15 is 0 Å². The topological polar surface area (TPSA) is 111 Å². The van der Waals surface area contributed by atoms with Gasteiger partial charge in [0.1, 0.15) is 0 Å². The average Bonchev–Trinajstić information content (AvgIpc) is 3.44. The molecule has 216 valence electrons. The van der Waals surface area contributed by atoms with Crippen molar-refractivity contribution in [1.82, 2.24) is 14.8 Å². The number of aryl methyl sites for hydroxylation is 1. The summed E-state index contributed by atoms with van der Waals surface area (Å²) in [6, 6.07) is 8.18. The summed E-state index contributed by atoms with van der Waals surface area (Å²) in [7, 11) is 0. The fourth-order valence-corrected chi connectivity index (χ4v) is 5.27. The van der Waals surface area contributed by atoms with Crippen molar-refractivity contribution >= 4 is 29.2 Å². The lowest BCUT2D eigenvalue weighted by Gasteiger charge is -2.40. The van der Waals surface area contributed by atoms with E-state index in [1.807, 2.05) is 23.5 Å². The number of thiophene rings is 1. The molecular weight excluding hydrogens is 556 g/mol. The van der Waals surface area contributed by atoms with Gasteiger partial charge in [0.05, 0.1) is 5.56 Å². The summed E-state index contributed by atoms with van der Waals surface area (Å²) in [5.74, 6) is -5.38. The zero-order valence-corrected chi connectivity index (χ0v) is 21.6. The predicted octanol–water partition coefficient (Wildman–Crippen LogP) is 4.85. The number of hydrogen-bond acceptors (Lipinski definition) is 6. The number of likely N-dealkylation sites (tertiary alicyclic amines) is 2. The van der Waals surface area contributed by atoms with Crippen molar-refractivity contribution in [1.29, 1.82) is 0 Å². The molecular formula is C24H27F6N3O5S. The van der Waals surface area contributed by atoms with Crippen LogP contribution in [0, 0.1) is 12.3 Å². The Bertz CT molecular complexity index is 1100. The zero-order chi connectivity index (χ0) is 29.4. The normalized spacial score (nSPS) is 19.5. The van der Waals surface area contributed by atoms with Crippen molar-refractivity contribution < 1.29 is 50.9 Å². The van der Waals surface area contributed by atoms with Gasteiger partial charge in [-0.25, -0.2) is 9.59 Å². The lowest BCUT2D eigenvalue weighted by atomic mass is 9.79. The molecule has 1 amide bonds. The lowest BCUT2D eigenvalue weighted by molar-refractivity contribution is -0.193. The minimum atomic E-state index is -5.08. The molecule has 1 unspecified atom stereocenters. The van der Waals surface area contributed by atoms with Crippen LogP contribution >= 0.6 is 11.3 Å². The van der Waals surface area contributed by atoms with E-state index in [1.165, 1.54) is 22.6 Å². The van der Waals surface area contributed by atoms with Gasteiger partial charge in [-0.2, -0.15) is 26.3 Å². The molecule has 0 saturated carbocycles. The number of halogens is 6. The van der Waals surface area contributed by atoms with E-state index in [0.717, 1.165) is 39.1 Å². The van der Waals surface area contributed by atoms with E-state index in [-0.39, 0.29) is 11.3 Å². The summed E-state index contributed by atoms with van der Waals surface area (Å²) in [5.41, 5.74) is 0.992. The number of alkyl halides is 6. The number of amides is 1. The Labute approximate surface area is 223 Å². The molecule has 0 aromatic carbocycles. The molecule has 15 heteroatoms. The molecule has 2 aliphatic heterocycles. The molecule has 0 aliphatic carbocycles. The Kier molecular flexibility index (Phi) is 10.9. The number of rotatable bonds is 3. The van der Waals surface area contributed by atoms with Crippen LogP contribution in [0.15, 0.2) is 36.7 Å². The van der Waals surface area contributed by atoms with Gasteiger partial charge in [-0.05, 0) is 57.0 Å². The van der Waals surface area contributed by atoms with E-state index in [1.54, 1.807) is 12.4 Å². The van der Waals surface area contributed by atoms with Crippen molar-refractivity contribution in [3.63, 3.8) is 0 Å². The summed E-state index contributed by atoms with van der Waals surface area (Å²) in [4.78, 5) is 42.1. The van der Waals surface area contributed by atoms with Crippen molar-refractivity contribution in [2.45, 2.75) is 45.1 Å². The molecule has 8 nitrogen and oxygen atoms in total. The first-order valence-electron chi connectivity index (χ1n) is 11.6. The highest BCUT2D eigenvalue weighted by atomic mass is 32.1. The van der Waals surface area contributed by atoms with E-state index in [0.29, 0.717) is 5.56 Å². The lowest BCUT2D eigenvalue weighted by Crippen LogP contribution is -2.47. The minimum Gasteiger partial charge on any atom is -0.475 e. The van der Waals surface area contributed by atoms with Crippen molar-refractivity contribution in [3.8, 4) is 0 Å². The third-order valence-corrected chi connectivity index (χ3v) is 7.02. The fourth-order valence-electron chi connectivity index (χ4n) is 4.34. The van der Waals surface area contributed by atoms with E-state index in [9.17, 15) is 31.1 Å². The summed E-state index contributed by atoms with van der Waals surface area (Å²) < 4.78 is 63.5. The average molecular weight is 584 g/mol. The van der Waals surface area contributed by atoms with Crippen LogP contribution < -0.4 is 0 Å². The van der Waals surface area contributed by atoms with Crippen LogP contribution in [0.2, 0.25) is 0 Å². The van der Waals surface area contributed by atoms with Crippen LogP contribution in [0.4, 0.5) is 26.3 Å². The van der Waals surface area contributed by atoms with Gasteiger partial charge < -0.3 is 15.1 Å². The van der Waals surface area contributed by atoms with Crippen LogP contribution in [0.1, 0.15) is 39.4 Å². The molecule has 2 N–H and O–H groups in total. The van der Waals surface area contributed by atoms with E-state index in [4.69, 9.17) is 19.8 Å². The first-order valence-corrected chi connectivity index (χ1v) is 12.4. The number of piperidine rings is 1. The third-order valence-electron chi connectivity index (χ3n) is 6.03. The highest BCUT2D eigenvalue weighted by Gasteiger charge is 2.42. The highest BCUT2D eigenvalue weighted by Crippen LogP contribution is 2.40. The van der Waals surface area contributed by atoms with Gasteiger partial charge in [0.2, 0.25) is 0 Å². The van der Waals surface area contributed by atoms with Crippen molar-refractivity contribution in [2.24, 2.45) is 5.41 Å². The molecule has 1 spiro atoms. The Morgan fingerprint density at radius 2 is 1.59 bits per heavy atom. The Morgan fingerprint density at radius 3 is 2.08 bits per heavy atom. The monoisotopic (exact) mass is 583 g/mol. The summed E-state index contributed by atoms with van der Waals surface area (Å²) in [6.07, 6.45) is -3.21. The summed E-state index contributed by atoms with van der Waals surface area (Å²) in [6.45, 7) is 7.24. The summed E-state index contributed by atoms with van der Waals surface area (Å²) in [5, 5.41) is 14.2. The van der Waals surface area contributed by atoms with Gasteiger partial charge in [-0.15, -0.1) is 11.3 Å². The number of pyridine rings is 1. The largest absolute Gasteiger partial charge is 0.490 e. The van der Waals surface area contributed by atoms with Crippen LogP contribution in [0.5, 0.6) is 0 Å². The number of carbonyl (C=O) groups excluding carboxylic acids is 1. The van der Waals surface area contributed by atoms with E-state index in [2.05, 4.69) is 33.8 Å². The molecule has 0 bridgehead atoms. The Morgan fingerprint density at radius 1 is 0.974 bits per heavy atom. The van der Waals surface area contributed by atoms with Gasteiger partial charge in [0.25, 0.3) is 5.91 Å². The maximum atomic E-state index is 12.8. The van der Waals surface area contributed by atoms with Crippen LogP contribution in [-0.2, 0) is 16.1 Å². The second-order valence-electron chi connectivity index (χ2n) is 9.15.